The number of primary sulfonamides is 1. The summed E-state index contributed by atoms with van der Waals surface area (Å²) in [6.07, 6.45) is 4.21. The average Bonchev–Trinajstić information content (AvgIpc) is 3.11. The second-order valence-electron chi connectivity index (χ2n) is 7.21. The molecule has 1 saturated heterocycles. The van der Waals surface area contributed by atoms with Gasteiger partial charge < -0.3 is 4.90 Å². The minimum atomic E-state index is -3.52. The number of likely N-dealkylation sites (tertiary alicyclic amines) is 1. The number of aromatic nitrogens is 2. The maximum absolute atomic E-state index is 12.5. The Kier molecular flexibility index (Phi) is 5.96. The van der Waals surface area contributed by atoms with Crippen LogP contribution in [0.25, 0.3) is 11.1 Å². The van der Waals surface area contributed by atoms with Crippen molar-refractivity contribution in [1.29, 1.82) is 0 Å². The summed E-state index contributed by atoms with van der Waals surface area (Å²) in [6, 6.07) is 8.33. The van der Waals surface area contributed by atoms with E-state index in [4.69, 9.17) is 5.14 Å². The average molecular weight is 391 g/mol. The van der Waals surface area contributed by atoms with Crippen LogP contribution in [0.15, 0.2) is 30.5 Å². The fourth-order valence-corrected chi connectivity index (χ4v) is 4.14. The molecule has 2 aromatic rings. The molecule has 0 spiro atoms. The van der Waals surface area contributed by atoms with Gasteiger partial charge in [0.2, 0.25) is 15.9 Å². The number of nitrogens with one attached hydrogen (secondary N) is 1. The highest BCUT2D eigenvalue weighted by atomic mass is 32.2. The maximum Gasteiger partial charge on any atom is 0.222 e. The number of benzene rings is 1. The number of H-pyrrole nitrogens is 1. The van der Waals surface area contributed by atoms with Crippen LogP contribution in [0.2, 0.25) is 0 Å². The molecule has 1 amide bonds. The largest absolute Gasteiger partial charge is 0.342 e. The van der Waals surface area contributed by atoms with Gasteiger partial charge in [0.1, 0.15) is 0 Å². The Hall–Kier alpha value is -2.19. The van der Waals surface area contributed by atoms with Crippen molar-refractivity contribution in [1.82, 2.24) is 15.1 Å². The van der Waals surface area contributed by atoms with Gasteiger partial charge in [0.05, 0.1) is 11.9 Å². The number of nitrogens with zero attached hydrogens (tertiary/aromatic N) is 2. The summed E-state index contributed by atoms with van der Waals surface area (Å²) in [5.41, 5.74) is 4.45. The SMILES string of the molecule is Cc1ccc(-c2cn[nH]c2[C@@H]2CCCN(C(=O)CCCS(N)(=O)=O)C2)cc1. The van der Waals surface area contributed by atoms with Gasteiger partial charge >= 0.3 is 0 Å². The third kappa shape index (κ3) is 5.17. The molecular formula is C19H26N4O3S. The number of sulfonamides is 1. The molecule has 146 valence electrons. The zero-order valence-electron chi connectivity index (χ0n) is 15.5. The normalized spacial score (nSPS) is 17.9. The number of hydrogen-bond acceptors (Lipinski definition) is 4. The first-order chi connectivity index (χ1) is 12.8. The smallest absolute Gasteiger partial charge is 0.222 e. The van der Waals surface area contributed by atoms with E-state index in [0.29, 0.717) is 13.1 Å². The fraction of sp³-hybridized carbons (Fsp3) is 0.474. The molecule has 0 saturated carbocycles. The molecule has 1 aliphatic heterocycles. The number of carbonyl (C=O) groups is 1. The summed E-state index contributed by atoms with van der Waals surface area (Å²) in [5, 5.41) is 12.4. The molecule has 1 fully saturated rings. The van der Waals surface area contributed by atoms with Crippen molar-refractivity contribution in [3.63, 3.8) is 0 Å². The highest BCUT2D eigenvalue weighted by Crippen LogP contribution is 2.33. The lowest BCUT2D eigenvalue weighted by molar-refractivity contribution is -0.132. The van der Waals surface area contributed by atoms with E-state index >= 15 is 0 Å². The van der Waals surface area contributed by atoms with E-state index in [-0.39, 0.29) is 30.4 Å². The van der Waals surface area contributed by atoms with E-state index in [1.54, 1.807) is 0 Å². The Morgan fingerprint density at radius 3 is 2.78 bits per heavy atom. The Balaban J connectivity index is 1.67. The molecule has 0 aliphatic carbocycles. The van der Waals surface area contributed by atoms with E-state index in [0.717, 1.165) is 29.7 Å². The minimum absolute atomic E-state index is 0.0141. The number of aryl methyl sites for hydroxylation is 1. The van der Waals surface area contributed by atoms with Crippen LogP contribution in [0.1, 0.15) is 42.9 Å². The molecule has 3 rings (SSSR count). The van der Waals surface area contributed by atoms with Crippen LogP contribution in [0.3, 0.4) is 0 Å². The molecule has 8 heteroatoms. The summed E-state index contributed by atoms with van der Waals surface area (Å²) in [6.45, 7) is 3.38. The molecule has 1 aromatic heterocycles. The molecule has 0 bridgehead atoms. The molecule has 27 heavy (non-hydrogen) atoms. The van der Waals surface area contributed by atoms with Crippen molar-refractivity contribution in [3.8, 4) is 11.1 Å². The van der Waals surface area contributed by atoms with Gasteiger partial charge in [-0.3, -0.25) is 9.89 Å². The summed E-state index contributed by atoms with van der Waals surface area (Å²) < 4.78 is 22.1. The summed E-state index contributed by atoms with van der Waals surface area (Å²) >= 11 is 0. The van der Waals surface area contributed by atoms with Crippen molar-refractivity contribution < 1.29 is 13.2 Å². The van der Waals surface area contributed by atoms with Gasteiger partial charge in [0.25, 0.3) is 0 Å². The molecule has 0 radical (unpaired) electrons. The van der Waals surface area contributed by atoms with E-state index in [2.05, 4.69) is 41.4 Å². The van der Waals surface area contributed by atoms with Crippen LogP contribution in [0, 0.1) is 6.92 Å². The number of nitrogens with two attached hydrogens (primary N) is 1. The van der Waals surface area contributed by atoms with Gasteiger partial charge in [-0.1, -0.05) is 29.8 Å². The molecule has 2 heterocycles. The van der Waals surface area contributed by atoms with Crippen molar-refractivity contribution >= 4 is 15.9 Å². The second kappa shape index (κ2) is 8.22. The van der Waals surface area contributed by atoms with Crippen LogP contribution in [0.5, 0.6) is 0 Å². The Labute approximate surface area is 160 Å². The molecule has 0 unspecified atom stereocenters. The molecule has 7 nitrogen and oxygen atoms in total. The Bertz CT molecular complexity index is 890. The number of piperidine rings is 1. The van der Waals surface area contributed by atoms with Crippen molar-refractivity contribution in [2.24, 2.45) is 5.14 Å². The maximum atomic E-state index is 12.5. The predicted molar refractivity (Wildman–Crippen MR) is 105 cm³/mol. The number of aromatic amines is 1. The third-order valence-corrected chi connectivity index (χ3v) is 5.89. The highest BCUT2D eigenvalue weighted by molar-refractivity contribution is 7.89. The molecule has 1 aromatic carbocycles. The first-order valence-electron chi connectivity index (χ1n) is 9.22. The number of amides is 1. The third-order valence-electron chi connectivity index (χ3n) is 5.03. The standard InChI is InChI=1S/C19H26N4O3S/c1-14-6-8-15(9-7-14)17-12-21-22-19(17)16-4-2-10-23(13-16)18(24)5-3-11-27(20,25)26/h6-9,12,16H,2-5,10-11,13H2,1H3,(H,21,22)(H2,20,25,26)/t16-/m1/s1. The van der Waals surface area contributed by atoms with E-state index < -0.39 is 10.0 Å². The topological polar surface area (TPSA) is 109 Å². The van der Waals surface area contributed by atoms with Gasteiger partial charge in [0.15, 0.2) is 0 Å². The van der Waals surface area contributed by atoms with Gasteiger partial charge in [-0.05, 0) is 31.7 Å². The number of carbonyl (C=O) groups excluding carboxylic acids is 1. The summed E-state index contributed by atoms with van der Waals surface area (Å²) in [5.74, 6) is 0.0215. The van der Waals surface area contributed by atoms with Crippen LogP contribution in [0.4, 0.5) is 0 Å². The monoisotopic (exact) mass is 390 g/mol. The lowest BCUT2D eigenvalue weighted by Crippen LogP contribution is -2.39. The molecular weight excluding hydrogens is 364 g/mol. The van der Waals surface area contributed by atoms with Gasteiger partial charge in [-0.2, -0.15) is 5.10 Å². The first kappa shape index (κ1) is 19.6. The van der Waals surface area contributed by atoms with E-state index in [9.17, 15) is 13.2 Å². The van der Waals surface area contributed by atoms with Crippen LogP contribution >= 0.6 is 0 Å². The fourth-order valence-electron chi connectivity index (χ4n) is 3.59. The number of hydrogen-bond donors (Lipinski definition) is 2. The molecule has 1 aliphatic rings. The van der Waals surface area contributed by atoms with Crippen LogP contribution < -0.4 is 5.14 Å². The lowest BCUT2D eigenvalue weighted by atomic mass is 9.90. The zero-order valence-corrected chi connectivity index (χ0v) is 16.3. The lowest BCUT2D eigenvalue weighted by Gasteiger charge is -2.33. The highest BCUT2D eigenvalue weighted by Gasteiger charge is 2.27. The van der Waals surface area contributed by atoms with Crippen molar-refractivity contribution in [2.75, 3.05) is 18.8 Å². The second-order valence-corrected chi connectivity index (χ2v) is 8.95. The van der Waals surface area contributed by atoms with E-state index in [1.165, 1.54) is 5.56 Å². The van der Waals surface area contributed by atoms with E-state index in [1.807, 2.05) is 11.1 Å². The number of rotatable bonds is 6. The van der Waals surface area contributed by atoms with Gasteiger partial charge in [-0.25, -0.2) is 13.6 Å². The van der Waals surface area contributed by atoms with Gasteiger partial charge in [0, 0.05) is 36.7 Å². The van der Waals surface area contributed by atoms with Crippen molar-refractivity contribution in [3.05, 3.63) is 41.7 Å². The van der Waals surface area contributed by atoms with Gasteiger partial charge in [-0.15, -0.1) is 0 Å². The minimum Gasteiger partial charge on any atom is -0.342 e. The summed E-state index contributed by atoms with van der Waals surface area (Å²) in [4.78, 5) is 14.3. The Morgan fingerprint density at radius 1 is 1.33 bits per heavy atom. The predicted octanol–water partition coefficient (Wildman–Crippen LogP) is 2.16. The molecule has 3 N–H and O–H groups in total. The van der Waals surface area contributed by atoms with Crippen molar-refractivity contribution in [2.45, 2.75) is 38.5 Å². The first-order valence-corrected chi connectivity index (χ1v) is 10.9. The zero-order chi connectivity index (χ0) is 19.4. The van der Waals surface area contributed by atoms with Crippen LogP contribution in [-0.4, -0.2) is 48.3 Å². The van der Waals surface area contributed by atoms with Crippen LogP contribution in [-0.2, 0) is 14.8 Å². The Morgan fingerprint density at radius 2 is 2.07 bits per heavy atom. The quantitative estimate of drug-likeness (QED) is 0.787. The summed E-state index contributed by atoms with van der Waals surface area (Å²) in [7, 11) is -3.52. The molecule has 1 atom stereocenters.